The van der Waals surface area contributed by atoms with Crippen LogP contribution < -0.4 is 5.23 Å². The Bertz CT molecular complexity index is 238. The Morgan fingerprint density at radius 1 is 1.69 bits per heavy atom. The number of carboxylic acids is 1. The largest absolute Gasteiger partial charge is 0.480 e. The summed E-state index contributed by atoms with van der Waals surface area (Å²) in [5, 5.41) is 11.0. The maximum atomic E-state index is 10.6. The van der Waals surface area contributed by atoms with Gasteiger partial charge in [0.1, 0.15) is 0 Å². The van der Waals surface area contributed by atoms with Gasteiger partial charge >= 0.3 is 5.97 Å². The highest BCUT2D eigenvalue weighted by molar-refractivity contribution is 6.06. The molecule has 2 radical (unpaired) electrons. The Morgan fingerprint density at radius 3 is 2.92 bits per heavy atom. The van der Waals surface area contributed by atoms with Crippen molar-refractivity contribution in [3.63, 3.8) is 0 Å². The molecule has 0 spiro atoms. The van der Waals surface area contributed by atoms with E-state index in [2.05, 4.69) is 5.23 Å². The second-order valence-corrected chi connectivity index (χ2v) is 3.10. The highest BCUT2D eigenvalue weighted by Gasteiger charge is 2.18. The third-order valence-electron chi connectivity index (χ3n) is 2.11. The maximum Gasteiger partial charge on any atom is 0.319 e. The lowest BCUT2D eigenvalue weighted by atomic mass is 9.93. The van der Waals surface area contributed by atoms with Crippen molar-refractivity contribution in [3.05, 3.63) is 24.3 Å². The topological polar surface area (TPSA) is 49.3 Å². The Balaban J connectivity index is 2.42. The van der Waals surface area contributed by atoms with Crippen molar-refractivity contribution < 1.29 is 9.90 Å². The van der Waals surface area contributed by atoms with Crippen LogP contribution in [0.25, 0.3) is 0 Å². The number of aliphatic carboxylic acids is 1. The molecule has 1 aliphatic carbocycles. The Kier molecular flexibility index (Phi) is 3.77. The van der Waals surface area contributed by atoms with Crippen molar-refractivity contribution in [3.8, 4) is 0 Å². The van der Waals surface area contributed by atoms with Crippen molar-refractivity contribution >= 4 is 14.0 Å². The first-order valence-corrected chi connectivity index (χ1v) is 4.26. The van der Waals surface area contributed by atoms with E-state index >= 15 is 0 Å². The van der Waals surface area contributed by atoms with Gasteiger partial charge in [0, 0.05) is 0 Å². The van der Waals surface area contributed by atoms with E-state index in [-0.39, 0.29) is 5.92 Å². The first kappa shape index (κ1) is 10.1. The van der Waals surface area contributed by atoms with E-state index in [1.807, 2.05) is 24.3 Å². The van der Waals surface area contributed by atoms with Gasteiger partial charge in [-0.1, -0.05) is 24.3 Å². The molecule has 2 unspecified atom stereocenters. The Morgan fingerprint density at radius 2 is 2.46 bits per heavy atom. The van der Waals surface area contributed by atoms with E-state index in [1.54, 1.807) is 0 Å². The monoisotopic (exact) mass is 177 g/mol. The second kappa shape index (κ2) is 4.87. The van der Waals surface area contributed by atoms with Crippen LogP contribution in [0.4, 0.5) is 0 Å². The summed E-state index contributed by atoms with van der Waals surface area (Å²) in [6.45, 7) is 0. The highest BCUT2D eigenvalue weighted by atomic mass is 16.4. The molecular formula is C9H12BNO2. The molecule has 0 aromatic heterocycles. The SMILES string of the molecule is [B]NC(CC1C=CC=CC1)C(=O)O. The molecule has 0 aromatic rings. The minimum Gasteiger partial charge on any atom is -0.480 e. The maximum absolute atomic E-state index is 10.6. The minimum atomic E-state index is -0.898. The normalized spacial score (nSPS) is 22.9. The molecule has 0 saturated heterocycles. The summed E-state index contributed by atoms with van der Waals surface area (Å²) in [6, 6.07) is -0.652. The lowest BCUT2D eigenvalue weighted by Crippen LogP contribution is -2.36. The van der Waals surface area contributed by atoms with Gasteiger partial charge in [-0.15, -0.1) is 0 Å². The van der Waals surface area contributed by atoms with Gasteiger partial charge in [-0.3, -0.25) is 4.79 Å². The van der Waals surface area contributed by atoms with Crippen molar-refractivity contribution in [2.45, 2.75) is 18.9 Å². The molecule has 0 bridgehead atoms. The van der Waals surface area contributed by atoms with Crippen molar-refractivity contribution in [1.29, 1.82) is 0 Å². The number of hydrogen-bond donors (Lipinski definition) is 2. The summed E-state index contributed by atoms with van der Waals surface area (Å²) >= 11 is 0. The van der Waals surface area contributed by atoms with Gasteiger partial charge in [0.25, 0.3) is 0 Å². The molecular weight excluding hydrogens is 165 g/mol. The first-order valence-electron chi connectivity index (χ1n) is 4.26. The molecule has 0 amide bonds. The number of hydrogen-bond acceptors (Lipinski definition) is 2. The molecule has 0 aliphatic heterocycles. The molecule has 13 heavy (non-hydrogen) atoms. The first-order chi connectivity index (χ1) is 6.24. The summed E-state index contributed by atoms with van der Waals surface area (Å²) in [5.41, 5.74) is 0. The lowest BCUT2D eigenvalue weighted by Gasteiger charge is -2.18. The number of nitrogens with one attached hydrogen (secondary N) is 1. The molecule has 4 heteroatoms. The zero-order chi connectivity index (χ0) is 9.68. The lowest BCUT2D eigenvalue weighted by molar-refractivity contribution is -0.139. The van der Waals surface area contributed by atoms with E-state index in [4.69, 9.17) is 13.1 Å². The predicted molar refractivity (Wildman–Crippen MR) is 51.3 cm³/mol. The van der Waals surface area contributed by atoms with Gasteiger partial charge in [0.05, 0.1) is 6.04 Å². The zero-order valence-electron chi connectivity index (χ0n) is 7.31. The van der Waals surface area contributed by atoms with E-state index < -0.39 is 12.0 Å². The molecule has 0 fully saturated rings. The smallest absolute Gasteiger partial charge is 0.319 e. The van der Waals surface area contributed by atoms with Gasteiger partial charge in [0.2, 0.25) is 0 Å². The number of carboxylic acid groups (broad SMARTS) is 1. The number of carbonyl (C=O) groups is 1. The molecule has 0 heterocycles. The average molecular weight is 177 g/mol. The average Bonchev–Trinajstić information content (AvgIpc) is 2.15. The molecule has 2 atom stereocenters. The van der Waals surface area contributed by atoms with Gasteiger partial charge in [-0.2, -0.15) is 0 Å². The molecule has 1 aliphatic rings. The van der Waals surface area contributed by atoms with E-state index in [9.17, 15) is 4.79 Å². The van der Waals surface area contributed by atoms with Crippen LogP contribution >= 0.6 is 0 Å². The van der Waals surface area contributed by atoms with E-state index in [0.29, 0.717) is 6.42 Å². The van der Waals surface area contributed by atoms with E-state index in [1.165, 1.54) is 0 Å². The molecule has 0 aromatic carbocycles. The highest BCUT2D eigenvalue weighted by Crippen LogP contribution is 2.17. The van der Waals surface area contributed by atoms with Crippen LogP contribution in [0.5, 0.6) is 0 Å². The molecule has 3 nitrogen and oxygen atoms in total. The summed E-state index contributed by atoms with van der Waals surface area (Å²) in [5.74, 6) is -0.618. The van der Waals surface area contributed by atoms with Crippen LogP contribution in [-0.2, 0) is 4.79 Å². The summed E-state index contributed by atoms with van der Waals surface area (Å²) < 4.78 is 0. The summed E-state index contributed by atoms with van der Waals surface area (Å²) in [6.07, 6.45) is 9.35. The minimum absolute atomic E-state index is 0.280. The van der Waals surface area contributed by atoms with Gasteiger partial charge in [0.15, 0.2) is 7.98 Å². The van der Waals surface area contributed by atoms with Crippen molar-refractivity contribution in [1.82, 2.24) is 5.23 Å². The van der Waals surface area contributed by atoms with Crippen LogP contribution in [0.2, 0.25) is 0 Å². The fraction of sp³-hybridized carbons (Fsp3) is 0.444. The number of allylic oxidation sites excluding steroid dienone is 4. The third kappa shape index (κ3) is 3.07. The number of rotatable bonds is 4. The van der Waals surface area contributed by atoms with Crippen LogP contribution in [0.3, 0.4) is 0 Å². The second-order valence-electron chi connectivity index (χ2n) is 3.10. The van der Waals surface area contributed by atoms with Crippen LogP contribution in [0.1, 0.15) is 12.8 Å². The molecule has 68 valence electrons. The van der Waals surface area contributed by atoms with Gasteiger partial charge in [-0.25, -0.2) is 0 Å². The third-order valence-corrected chi connectivity index (χ3v) is 2.11. The van der Waals surface area contributed by atoms with Crippen LogP contribution in [0, 0.1) is 5.92 Å². The van der Waals surface area contributed by atoms with E-state index in [0.717, 1.165) is 6.42 Å². The van der Waals surface area contributed by atoms with Gasteiger partial charge < -0.3 is 10.3 Å². The van der Waals surface area contributed by atoms with Crippen LogP contribution in [0.15, 0.2) is 24.3 Å². The zero-order valence-corrected chi connectivity index (χ0v) is 7.31. The van der Waals surface area contributed by atoms with Crippen LogP contribution in [-0.4, -0.2) is 25.1 Å². The predicted octanol–water partition coefficient (Wildman–Crippen LogP) is 0.635. The van der Waals surface area contributed by atoms with Crippen molar-refractivity contribution in [2.24, 2.45) is 5.92 Å². The molecule has 0 saturated carbocycles. The standard InChI is InChI=1S/C9H12BNO2/c10-11-8(9(12)13)6-7-4-2-1-3-5-7/h1-4,7-8,11H,5-6H2,(H,12,13). The molecule has 2 N–H and O–H groups in total. The van der Waals surface area contributed by atoms with Crippen molar-refractivity contribution in [2.75, 3.05) is 0 Å². The molecule has 1 rings (SSSR count). The van der Waals surface area contributed by atoms with Gasteiger partial charge in [-0.05, 0) is 18.8 Å². The Labute approximate surface area is 79.0 Å². The fourth-order valence-corrected chi connectivity index (χ4v) is 1.35. The Hall–Kier alpha value is -1.03. The quantitative estimate of drug-likeness (QED) is 0.619. The summed E-state index contributed by atoms with van der Waals surface area (Å²) in [4.78, 5) is 10.6. The fourth-order valence-electron chi connectivity index (χ4n) is 1.35. The summed E-state index contributed by atoms with van der Waals surface area (Å²) in [7, 11) is 5.12.